The van der Waals surface area contributed by atoms with Crippen molar-refractivity contribution in [2.24, 2.45) is 0 Å². The van der Waals surface area contributed by atoms with Crippen LogP contribution in [-0.4, -0.2) is 41.4 Å². The summed E-state index contributed by atoms with van der Waals surface area (Å²) in [5, 5.41) is 11.7. The number of halogens is 1. The van der Waals surface area contributed by atoms with E-state index in [0.717, 1.165) is 0 Å². The fraction of sp³-hybridized carbons (Fsp3) is 0.250. The van der Waals surface area contributed by atoms with E-state index >= 15 is 0 Å². The number of hydrogen-bond acceptors (Lipinski definition) is 3. The predicted molar refractivity (Wildman–Crippen MR) is 70.4 cm³/mol. The molecule has 2 N–H and O–H groups in total. The van der Waals surface area contributed by atoms with Gasteiger partial charge < -0.3 is 15.3 Å². The zero-order valence-electron chi connectivity index (χ0n) is 10.4. The first kappa shape index (κ1) is 15.0. The van der Waals surface area contributed by atoms with Crippen molar-refractivity contribution in [2.75, 3.05) is 18.9 Å². The van der Waals surface area contributed by atoms with Crippen LogP contribution in [0.4, 0.5) is 5.69 Å². The summed E-state index contributed by atoms with van der Waals surface area (Å²) in [4.78, 5) is 34.9. The molecular weight excluding hydrogens is 272 g/mol. The average molecular weight is 285 g/mol. The lowest BCUT2D eigenvalue weighted by Crippen LogP contribution is -2.33. The summed E-state index contributed by atoms with van der Waals surface area (Å²) < 4.78 is 0. The Morgan fingerprint density at radius 2 is 2.00 bits per heavy atom. The van der Waals surface area contributed by atoms with Crippen LogP contribution in [0.25, 0.3) is 0 Å². The van der Waals surface area contributed by atoms with Crippen LogP contribution in [0, 0.1) is 0 Å². The summed E-state index contributed by atoms with van der Waals surface area (Å²) in [7, 11) is 1.47. The molecular formula is C12H13ClN2O4. The van der Waals surface area contributed by atoms with Crippen molar-refractivity contribution in [2.45, 2.75) is 6.92 Å². The highest BCUT2D eigenvalue weighted by Gasteiger charge is 2.14. The van der Waals surface area contributed by atoms with E-state index in [-0.39, 0.29) is 23.7 Å². The van der Waals surface area contributed by atoms with E-state index in [4.69, 9.17) is 16.7 Å². The lowest BCUT2D eigenvalue weighted by atomic mass is 10.2. The zero-order chi connectivity index (χ0) is 14.6. The van der Waals surface area contributed by atoms with Gasteiger partial charge in [-0.3, -0.25) is 9.59 Å². The third kappa shape index (κ3) is 4.26. The van der Waals surface area contributed by atoms with Crippen molar-refractivity contribution in [3.05, 3.63) is 28.8 Å². The number of aromatic carboxylic acids is 1. The molecule has 0 unspecified atom stereocenters. The molecule has 6 nitrogen and oxygen atoms in total. The number of carbonyl (C=O) groups excluding carboxylic acids is 2. The van der Waals surface area contributed by atoms with Gasteiger partial charge in [0.05, 0.1) is 17.8 Å². The van der Waals surface area contributed by atoms with Gasteiger partial charge in [-0.2, -0.15) is 0 Å². The summed E-state index contributed by atoms with van der Waals surface area (Å²) in [5.41, 5.74) is 0.0326. The van der Waals surface area contributed by atoms with Crippen LogP contribution in [0.5, 0.6) is 0 Å². The number of nitrogens with one attached hydrogen (secondary N) is 1. The topological polar surface area (TPSA) is 86.7 Å². The minimum absolute atomic E-state index is 0.0665. The molecule has 0 saturated carbocycles. The molecule has 0 bridgehead atoms. The smallest absolute Gasteiger partial charge is 0.337 e. The van der Waals surface area contributed by atoms with Crippen LogP contribution < -0.4 is 5.32 Å². The molecule has 0 atom stereocenters. The number of carboxylic acids is 1. The van der Waals surface area contributed by atoms with Crippen molar-refractivity contribution in [3.8, 4) is 0 Å². The van der Waals surface area contributed by atoms with Gasteiger partial charge in [0.15, 0.2) is 0 Å². The Bertz CT molecular complexity index is 530. The van der Waals surface area contributed by atoms with E-state index in [2.05, 4.69) is 5.32 Å². The van der Waals surface area contributed by atoms with Crippen molar-refractivity contribution in [1.29, 1.82) is 0 Å². The van der Waals surface area contributed by atoms with E-state index in [1.807, 2.05) is 0 Å². The molecule has 0 heterocycles. The second-order valence-electron chi connectivity index (χ2n) is 3.92. The molecule has 1 aromatic rings. The molecule has 0 aromatic heterocycles. The van der Waals surface area contributed by atoms with Gasteiger partial charge in [0.1, 0.15) is 0 Å². The van der Waals surface area contributed by atoms with Gasteiger partial charge in [-0.05, 0) is 18.2 Å². The second-order valence-corrected chi connectivity index (χ2v) is 4.35. The lowest BCUT2D eigenvalue weighted by Gasteiger charge is -2.15. The molecule has 0 aliphatic heterocycles. The lowest BCUT2D eigenvalue weighted by molar-refractivity contribution is -0.131. The first-order chi connectivity index (χ1) is 8.81. The number of anilines is 1. The maximum absolute atomic E-state index is 11.7. The summed E-state index contributed by atoms with van der Waals surface area (Å²) in [6.07, 6.45) is 0. The Balaban J connectivity index is 2.87. The van der Waals surface area contributed by atoms with Gasteiger partial charge >= 0.3 is 5.97 Å². The molecule has 0 radical (unpaired) electrons. The fourth-order valence-corrected chi connectivity index (χ4v) is 1.49. The molecule has 0 fully saturated rings. The number of carboxylic acid groups (broad SMARTS) is 1. The quantitative estimate of drug-likeness (QED) is 0.876. The molecule has 2 amide bonds. The van der Waals surface area contributed by atoms with Gasteiger partial charge in [0.25, 0.3) is 0 Å². The molecule has 0 aliphatic carbocycles. The van der Waals surface area contributed by atoms with Crippen molar-refractivity contribution < 1.29 is 19.5 Å². The van der Waals surface area contributed by atoms with Crippen molar-refractivity contribution >= 4 is 35.1 Å². The molecule has 7 heteroatoms. The number of amides is 2. The summed E-state index contributed by atoms with van der Waals surface area (Å²) in [5.74, 6) is -1.94. The van der Waals surface area contributed by atoms with Gasteiger partial charge in [-0.15, -0.1) is 0 Å². The highest BCUT2D eigenvalue weighted by Crippen LogP contribution is 2.21. The predicted octanol–water partition coefficient (Wildman–Crippen LogP) is 1.45. The first-order valence-electron chi connectivity index (χ1n) is 5.35. The van der Waals surface area contributed by atoms with Crippen molar-refractivity contribution in [1.82, 2.24) is 4.90 Å². The van der Waals surface area contributed by atoms with E-state index in [1.165, 1.54) is 37.1 Å². The second kappa shape index (κ2) is 6.19. The van der Waals surface area contributed by atoms with Crippen LogP contribution in [0.1, 0.15) is 17.3 Å². The van der Waals surface area contributed by atoms with Crippen LogP contribution in [0.2, 0.25) is 5.02 Å². The number of nitrogens with zero attached hydrogens (tertiary/aromatic N) is 1. The monoisotopic (exact) mass is 284 g/mol. The van der Waals surface area contributed by atoms with Gasteiger partial charge in [0, 0.05) is 19.0 Å². The third-order valence-electron chi connectivity index (χ3n) is 2.40. The van der Waals surface area contributed by atoms with Crippen LogP contribution in [0.3, 0.4) is 0 Å². The molecule has 19 heavy (non-hydrogen) atoms. The summed E-state index contributed by atoms with van der Waals surface area (Å²) in [6, 6.07) is 4.06. The zero-order valence-corrected chi connectivity index (χ0v) is 11.2. The van der Waals surface area contributed by atoms with Crippen LogP contribution >= 0.6 is 11.6 Å². The van der Waals surface area contributed by atoms with E-state index in [0.29, 0.717) is 5.02 Å². The van der Waals surface area contributed by atoms with Crippen LogP contribution in [-0.2, 0) is 9.59 Å². The van der Waals surface area contributed by atoms with Gasteiger partial charge in [-0.25, -0.2) is 4.79 Å². The largest absolute Gasteiger partial charge is 0.478 e. The SMILES string of the molecule is CC(=O)N(C)CC(=O)Nc1cc(Cl)ccc1C(=O)O. The molecule has 0 spiro atoms. The number of rotatable bonds is 4. The maximum Gasteiger partial charge on any atom is 0.337 e. The number of carbonyl (C=O) groups is 3. The molecule has 0 saturated heterocycles. The minimum atomic E-state index is -1.17. The van der Waals surface area contributed by atoms with Gasteiger partial charge in [0.2, 0.25) is 11.8 Å². The molecule has 102 valence electrons. The van der Waals surface area contributed by atoms with Crippen LogP contribution in [0.15, 0.2) is 18.2 Å². The highest BCUT2D eigenvalue weighted by molar-refractivity contribution is 6.31. The average Bonchev–Trinajstić information content (AvgIpc) is 2.27. The Labute approximate surface area is 115 Å². The van der Waals surface area contributed by atoms with E-state index in [9.17, 15) is 14.4 Å². The Kier molecular flexibility index (Phi) is 4.88. The normalized spacial score (nSPS) is 9.84. The summed E-state index contributed by atoms with van der Waals surface area (Å²) >= 11 is 5.75. The third-order valence-corrected chi connectivity index (χ3v) is 2.64. The first-order valence-corrected chi connectivity index (χ1v) is 5.73. The molecule has 0 aliphatic rings. The highest BCUT2D eigenvalue weighted by atomic mass is 35.5. The number of benzene rings is 1. The fourth-order valence-electron chi connectivity index (χ4n) is 1.32. The number of hydrogen-bond donors (Lipinski definition) is 2. The molecule has 1 aromatic carbocycles. The number of likely N-dealkylation sites (N-methyl/N-ethyl adjacent to an activating group) is 1. The van der Waals surface area contributed by atoms with Crippen molar-refractivity contribution in [3.63, 3.8) is 0 Å². The maximum atomic E-state index is 11.7. The van der Waals surface area contributed by atoms with E-state index < -0.39 is 11.9 Å². The Morgan fingerprint density at radius 3 is 2.53 bits per heavy atom. The Morgan fingerprint density at radius 1 is 1.37 bits per heavy atom. The molecule has 1 rings (SSSR count). The standard InChI is InChI=1S/C12H13ClN2O4/c1-7(16)15(2)6-11(17)14-10-5-8(13)3-4-9(10)12(18)19/h3-5H,6H2,1-2H3,(H,14,17)(H,18,19). The Hall–Kier alpha value is -2.08. The van der Waals surface area contributed by atoms with Gasteiger partial charge in [-0.1, -0.05) is 11.6 Å². The summed E-state index contributed by atoms with van der Waals surface area (Å²) in [6.45, 7) is 1.16. The minimum Gasteiger partial charge on any atom is -0.478 e. The van der Waals surface area contributed by atoms with E-state index in [1.54, 1.807) is 0 Å².